The van der Waals surface area contributed by atoms with Crippen molar-refractivity contribution in [3.05, 3.63) is 59.4 Å². The molecule has 0 radical (unpaired) electrons. The number of aromatic nitrogens is 1. The molecule has 0 amide bonds. The van der Waals surface area contributed by atoms with Gasteiger partial charge in [-0.1, -0.05) is 0 Å². The molecule has 1 unspecified atom stereocenters. The minimum absolute atomic E-state index is 0.231. The molecule has 3 aromatic rings. The van der Waals surface area contributed by atoms with Crippen molar-refractivity contribution in [2.45, 2.75) is 26.4 Å². The highest BCUT2D eigenvalue weighted by molar-refractivity contribution is 5.91. The largest absolute Gasteiger partial charge is 0.463 e. The molecule has 5 heteroatoms. The molecule has 2 N–H and O–H groups in total. The van der Waals surface area contributed by atoms with Gasteiger partial charge in [-0.3, -0.25) is 4.98 Å². The van der Waals surface area contributed by atoms with Crippen LogP contribution in [0.2, 0.25) is 0 Å². The first-order valence-corrected chi connectivity index (χ1v) is 7.45. The van der Waals surface area contributed by atoms with Crippen molar-refractivity contribution in [1.82, 2.24) is 4.98 Å². The summed E-state index contributed by atoms with van der Waals surface area (Å²) in [6, 6.07) is 9.88. The SMILES string of the molecule is Cc1cc(NCC(C)(O)c2ccc(C)o2)c2cc(F)ccc2n1. The second-order valence-corrected chi connectivity index (χ2v) is 6.01. The average Bonchev–Trinajstić information content (AvgIpc) is 2.93. The van der Waals surface area contributed by atoms with Crippen molar-refractivity contribution in [3.63, 3.8) is 0 Å². The van der Waals surface area contributed by atoms with Crippen LogP contribution >= 0.6 is 0 Å². The van der Waals surface area contributed by atoms with Gasteiger partial charge in [-0.25, -0.2) is 4.39 Å². The maximum Gasteiger partial charge on any atom is 0.137 e. The summed E-state index contributed by atoms with van der Waals surface area (Å²) in [5, 5.41) is 14.5. The molecule has 0 aliphatic rings. The summed E-state index contributed by atoms with van der Waals surface area (Å²) in [7, 11) is 0. The fourth-order valence-corrected chi connectivity index (χ4v) is 2.56. The summed E-state index contributed by atoms with van der Waals surface area (Å²) < 4.78 is 19.0. The molecule has 2 aromatic heterocycles. The monoisotopic (exact) mass is 314 g/mol. The maximum absolute atomic E-state index is 13.5. The number of hydrogen-bond donors (Lipinski definition) is 2. The van der Waals surface area contributed by atoms with E-state index >= 15 is 0 Å². The van der Waals surface area contributed by atoms with E-state index in [2.05, 4.69) is 10.3 Å². The van der Waals surface area contributed by atoms with Gasteiger partial charge in [0.25, 0.3) is 0 Å². The van der Waals surface area contributed by atoms with Gasteiger partial charge >= 0.3 is 0 Å². The molecular formula is C18H19FN2O2. The number of hydrogen-bond acceptors (Lipinski definition) is 4. The molecule has 23 heavy (non-hydrogen) atoms. The molecule has 1 aromatic carbocycles. The minimum Gasteiger partial charge on any atom is -0.463 e. The fourth-order valence-electron chi connectivity index (χ4n) is 2.56. The molecule has 3 rings (SSSR count). The number of rotatable bonds is 4. The molecule has 1 atom stereocenters. The number of pyridine rings is 1. The molecule has 0 fully saturated rings. The van der Waals surface area contributed by atoms with Gasteiger partial charge in [-0.05, 0) is 57.2 Å². The number of anilines is 1. The Labute approximate surface area is 134 Å². The smallest absolute Gasteiger partial charge is 0.137 e. The van der Waals surface area contributed by atoms with E-state index in [1.54, 1.807) is 19.1 Å². The van der Waals surface area contributed by atoms with Crippen molar-refractivity contribution in [1.29, 1.82) is 0 Å². The third kappa shape index (κ3) is 3.19. The Kier molecular flexibility index (Phi) is 3.82. The van der Waals surface area contributed by atoms with Gasteiger partial charge in [0, 0.05) is 16.8 Å². The van der Waals surface area contributed by atoms with Crippen LogP contribution in [0.3, 0.4) is 0 Å². The number of nitrogens with zero attached hydrogens (tertiary/aromatic N) is 1. The minimum atomic E-state index is -1.18. The Morgan fingerprint density at radius 3 is 2.70 bits per heavy atom. The molecule has 0 aliphatic heterocycles. The normalized spacial score (nSPS) is 14.0. The zero-order chi connectivity index (χ0) is 16.6. The first-order chi connectivity index (χ1) is 10.8. The van der Waals surface area contributed by atoms with Crippen LogP contribution in [0.15, 0.2) is 40.8 Å². The number of aryl methyl sites for hydroxylation is 2. The molecule has 0 spiro atoms. The molecule has 0 saturated heterocycles. The van der Waals surface area contributed by atoms with Crippen molar-refractivity contribution >= 4 is 16.6 Å². The van der Waals surface area contributed by atoms with Crippen molar-refractivity contribution in [2.24, 2.45) is 0 Å². The predicted octanol–water partition coefficient (Wildman–Crippen LogP) is 3.90. The topological polar surface area (TPSA) is 58.3 Å². The van der Waals surface area contributed by atoms with E-state index in [1.165, 1.54) is 12.1 Å². The van der Waals surface area contributed by atoms with Crippen LogP contribution in [-0.2, 0) is 5.60 Å². The number of fused-ring (bicyclic) bond motifs is 1. The second kappa shape index (κ2) is 5.66. The molecule has 0 aliphatic carbocycles. The van der Waals surface area contributed by atoms with E-state index < -0.39 is 5.60 Å². The van der Waals surface area contributed by atoms with Crippen molar-refractivity contribution < 1.29 is 13.9 Å². The number of furan rings is 1. The quantitative estimate of drug-likeness (QED) is 0.767. The Morgan fingerprint density at radius 1 is 1.22 bits per heavy atom. The van der Waals surface area contributed by atoms with Gasteiger partial charge in [0.2, 0.25) is 0 Å². The summed E-state index contributed by atoms with van der Waals surface area (Å²) in [5.74, 6) is 0.913. The van der Waals surface area contributed by atoms with E-state index in [0.29, 0.717) is 16.7 Å². The highest BCUT2D eigenvalue weighted by atomic mass is 19.1. The molecule has 120 valence electrons. The Balaban J connectivity index is 1.91. The summed E-state index contributed by atoms with van der Waals surface area (Å²) in [4.78, 5) is 4.40. The third-order valence-electron chi connectivity index (χ3n) is 3.79. The Bertz CT molecular complexity index is 855. The lowest BCUT2D eigenvalue weighted by Gasteiger charge is -2.22. The van der Waals surface area contributed by atoms with Crippen LogP contribution < -0.4 is 5.32 Å². The highest BCUT2D eigenvalue weighted by Crippen LogP contribution is 2.27. The maximum atomic E-state index is 13.5. The summed E-state index contributed by atoms with van der Waals surface area (Å²) in [6.45, 7) is 5.61. The molecular weight excluding hydrogens is 295 g/mol. The predicted molar refractivity (Wildman–Crippen MR) is 87.9 cm³/mol. The van der Waals surface area contributed by atoms with Crippen LogP contribution in [0.5, 0.6) is 0 Å². The lowest BCUT2D eigenvalue weighted by molar-refractivity contribution is 0.0468. The van der Waals surface area contributed by atoms with E-state index in [1.807, 2.05) is 26.0 Å². The molecule has 4 nitrogen and oxygen atoms in total. The zero-order valence-corrected chi connectivity index (χ0v) is 13.4. The van der Waals surface area contributed by atoms with Gasteiger partial charge < -0.3 is 14.8 Å². The number of nitrogens with one attached hydrogen (secondary N) is 1. The van der Waals surface area contributed by atoms with Crippen LogP contribution in [-0.4, -0.2) is 16.6 Å². The Hall–Kier alpha value is -2.40. The lowest BCUT2D eigenvalue weighted by Crippen LogP contribution is -2.30. The second-order valence-electron chi connectivity index (χ2n) is 6.01. The standard InChI is InChI=1S/C18H19FN2O2/c1-11-8-16(14-9-13(19)5-6-15(14)21-11)20-10-18(3,22)17-7-4-12(2)23-17/h4-9,22H,10H2,1-3H3,(H,20,21). The van der Waals surface area contributed by atoms with Gasteiger partial charge in [0.1, 0.15) is 22.9 Å². The molecule has 2 heterocycles. The highest BCUT2D eigenvalue weighted by Gasteiger charge is 2.26. The molecule has 0 bridgehead atoms. The van der Waals surface area contributed by atoms with Crippen LogP contribution in [0, 0.1) is 19.7 Å². The van der Waals surface area contributed by atoms with Gasteiger partial charge in [0.05, 0.1) is 12.1 Å². The summed E-state index contributed by atoms with van der Waals surface area (Å²) in [5.41, 5.74) is 1.09. The van der Waals surface area contributed by atoms with Crippen LogP contribution in [0.1, 0.15) is 24.1 Å². The number of halogens is 1. The molecule has 0 saturated carbocycles. The lowest BCUT2D eigenvalue weighted by atomic mass is 10.0. The Morgan fingerprint density at radius 2 is 2.00 bits per heavy atom. The van der Waals surface area contributed by atoms with Gasteiger partial charge in [-0.15, -0.1) is 0 Å². The number of aliphatic hydroxyl groups is 1. The summed E-state index contributed by atoms with van der Waals surface area (Å²) in [6.07, 6.45) is 0. The summed E-state index contributed by atoms with van der Waals surface area (Å²) >= 11 is 0. The van der Waals surface area contributed by atoms with Crippen molar-refractivity contribution in [3.8, 4) is 0 Å². The average molecular weight is 314 g/mol. The van der Waals surface area contributed by atoms with Gasteiger partial charge in [-0.2, -0.15) is 0 Å². The first kappa shape index (κ1) is 15.5. The van der Waals surface area contributed by atoms with E-state index in [0.717, 1.165) is 17.1 Å². The van der Waals surface area contributed by atoms with Crippen LogP contribution in [0.4, 0.5) is 10.1 Å². The third-order valence-corrected chi connectivity index (χ3v) is 3.79. The van der Waals surface area contributed by atoms with Crippen molar-refractivity contribution in [2.75, 3.05) is 11.9 Å². The van der Waals surface area contributed by atoms with E-state index in [4.69, 9.17) is 4.42 Å². The zero-order valence-electron chi connectivity index (χ0n) is 13.4. The van der Waals surface area contributed by atoms with Gasteiger partial charge in [0.15, 0.2) is 0 Å². The van der Waals surface area contributed by atoms with E-state index in [-0.39, 0.29) is 12.4 Å². The number of benzene rings is 1. The van der Waals surface area contributed by atoms with E-state index in [9.17, 15) is 9.50 Å². The first-order valence-electron chi connectivity index (χ1n) is 7.45. The fraction of sp³-hybridized carbons (Fsp3) is 0.278. The van der Waals surface area contributed by atoms with Crippen LogP contribution in [0.25, 0.3) is 10.9 Å².